The summed E-state index contributed by atoms with van der Waals surface area (Å²) in [6.07, 6.45) is 3.18. The Bertz CT molecular complexity index is 462. The predicted octanol–water partition coefficient (Wildman–Crippen LogP) is 1.97. The van der Waals surface area contributed by atoms with Crippen molar-refractivity contribution >= 4 is 23.3 Å². The lowest BCUT2D eigenvalue weighted by molar-refractivity contribution is -0.119. The van der Waals surface area contributed by atoms with Gasteiger partial charge in [0.05, 0.1) is 6.54 Å². The van der Waals surface area contributed by atoms with Crippen LogP contribution >= 0.6 is 11.6 Å². The lowest BCUT2D eigenvalue weighted by Gasteiger charge is -2.18. The predicted molar refractivity (Wildman–Crippen MR) is 75.6 cm³/mol. The average Bonchev–Trinajstić information content (AvgIpc) is 3.19. The van der Waals surface area contributed by atoms with Gasteiger partial charge in [-0.1, -0.05) is 18.5 Å². The molecule has 1 heterocycles. The molecule has 2 rings (SSSR count). The molecule has 1 aliphatic rings. The van der Waals surface area contributed by atoms with E-state index in [2.05, 4.69) is 15.3 Å². The van der Waals surface area contributed by atoms with Crippen molar-refractivity contribution in [3.05, 3.63) is 17.0 Å². The molecule has 1 aromatic rings. The number of carbonyl (C=O) groups excluding carboxylic acids is 1. The molecule has 5 nitrogen and oxygen atoms in total. The molecule has 0 bridgehead atoms. The Kier molecular flexibility index (Phi) is 4.58. The molecule has 0 spiro atoms. The van der Waals surface area contributed by atoms with E-state index in [0.717, 1.165) is 25.1 Å². The van der Waals surface area contributed by atoms with Gasteiger partial charge >= 0.3 is 0 Å². The number of carbonyl (C=O) groups is 1. The van der Waals surface area contributed by atoms with Crippen molar-refractivity contribution in [2.45, 2.75) is 32.1 Å². The number of aromatic nitrogens is 2. The summed E-state index contributed by atoms with van der Waals surface area (Å²) in [6.45, 7) is 3.00. The van der Waals surface area contributed by atoms with Gasteiger partial charge in [0.15, 0.2) is 0 Å². The molecule has 1 aromatic heterocycles. The normalized spacial score (nSPS) is 14.3. The number of hydrogen-bond donors (Lipinski definition) is 1. The second-order valence-corrected chi connectivity index (χ2v) is 5.27. The quantitative estimate of drug-likeness (QED) is 0.811. The van der Waals surface area contributed by atoms with E-state index in [4.69, 9.17) is 11.6 Å². The Morgan fingerprint density at radius 3 is 2.89 bits per heavy atom. The van der Waals surface area contributed by atoms with Crippen molar-refractivity contribution in [2.24, 2.45) is 0 Å². The average molecular weight is 283 g/mol. The largest absolute Gasteiger partial charge is 0.355 e. The van der Waals surface area contributed by atoms with E-state index in [1.165, 1.54) is 0 Å². The maximum atomic E-state index is 11.7. The first kappa shape index (κ1) is 14.1. The van der Waals surface area contributed by atoms with Crippen molar-refractivity contribution in [2.75, 3.05) is 25.0 Å². The summed E-state index contributed by atoms with van der Waals surface area (Å²) in [5.41, 5.74) is 0. The van der Waals surface area contributed by atoms with Gasteiger partial charge in [0.2, 0.25) is 5.91 Å². The number of hydrogen-bond acceptors (Lipinski definition) is 4. The molecule has 0 aromatic carbocycles. The van der Waals surface area contributed by atoms with Crippen molar-refractivity contribution in [3.8, 4) is 0 Å². The maximum absolute atomic E-state index is 11.7. The van der Waals surface area contributed by atoms with Crippen LogP contribution in [0.2, 0.25) is 5.15 Å². The minimum absolute atomic E-state index is 0.00735. The number of likely N-dealkylation sites (N-methyl/N-ethyl adjacent to an activating group) is 1. The fourth-order valence-corrected chi connectivity index (χ4v) is 1.94. The molecule has 0 aliphatic heterocycles. The Balaban J connectivity index is 2.01. The van der Waals surface area contributed by atoms with Crippen molar-refractivity contribution in [1.82, 2.24) is 15.3 Å². The lowest BCUT2D eigenvalue weighted by atomic mass is 10.3. The van der Waals surface area contributed by atoms with Gasteiger partial charge in [0.1, 0.15) is 16.8 Å². The van der Waals surface area contributed by atoms with Crippen molar-refractivity contribution in [3.63, 3.8) is 0 Å². The zero-order valence-electron chi connectivity index (χ0n) is 11.3. The molecule has 0 radical (unpaired) electrons. The third-order valence-corrected chi connectivity index (χ3v) is 3.18. The van der Waals surface area contributed by atoms with Crippen LogP contribution < -0.4 is 10.2 Å². The van der Waals surface area contributed by atoms with E-state index in [1.807, 2.05) is 14.0 Å². The van der Waals surface area contributed by atoms with Crippen LogP contribution in [0.15, 0.2) is 6.07 Å². The topological polar surface area (TPSA) is 58.1 Å². The molecule has 6 heteroatoms. The Labute approximate surface area is 118 Å². The Morgan fingerprint density at radius 2 is 2.26 bits per heavy atom. The summed E-state index contributed by atoms with van der Waals surface area (Å²) in [5.74, 6) is 1.93. The van der Waals surface area contributed by atoms with Crippen LogP contribution in [0, 0.1) is 0 Å². The number of halogens is 1. The Morgan fingerprint density at radius 1 is 1.53 bits per heavy atom. The molecule has 104 valence electrons. The zero-order chi connectivity index (χ0) is 13.8. The van der Waals surface area contributed by atoms with E-state index < -0.39 is 0 Å². The highest BCUT2D eigenvalue weighted by molar-refractivity contribution is 6.29. The first-order chi connectivity index (χ1) is 9.10. The van der Waals surface area contributed by atoms with Gasteiger partial charge in [-0.15, -0.1) is 0 Å². The van der Waals surface area contributed by atoms with Gasteiger partial charge < -0.3 is 10.2 Å². The van der Waals surface area contributed by atoms with Crippen LogP contribution in [0.1, 0.15) is 37.9 Å². The Hall–Kier alpha value is -1.36. The van der Waals surface area contributed by atoms with Crippen LogP contribution in [0.4, 0.5) is 5.82 Å². The molecular formula is C13H19ClN4O. The summed E-state index contributed by atoms with van der Waals surface area (Å²) in [5, 5.41) is 3.28. The molecule has 1 amide bonds. The third-order valence-electron chi connectivity index (χ3n) is 2.99. The molecule has 0 atom stereocenters. The first-order valence-corrected chi connectivity index (χ1v) is 7.00. The van der Waals surface area contributed by atoms with E-state index in [1.54, 1.807) is 11.0 Å². The second kappa shape index (κ2) is 6.19. The van der Waals surface area contributed by atoms with Gasteiger partial charge in [-0.3, -0.25) is 4.79 Å². The van der Waals surface area contributed by atoms with E-state index in [-0.39, 0.29) is 12.5 Å². The second-order valence-electron chi connectivity index (χ2n) is 4.89. The number of amides is 1. The van der Waals surface area contributed by atoms with Gasteiger partial charge in [-0.25, -0.2) is 9.97 Å². The monoisotopic (exact) mass is 282 g/mol. The number of nitrogens with one attached hydrogen (secondary N) is 1. The smallest absolute Gasteiger partial charge is 0.239 e. The molecular weight excluding hydrogens is 264 g/mol. The molecule has 0 unspecified atom stereocenters. The van der Waals surface area contributed by atoms with Gasteiger partial charge in [0.25, 0.3) is 0 Å². The van der Waals surface area contributed by atoms with Crippen LogP contribution in [-0.4, -0.2) is 36.0 Å². The summed E-state index contributed by atoms with van der Waals surface area (Å²) in [7, 11) is 1.83. The summed E-state index contributed by atoms with van der Waals surface area (Å²) >= 11 is 6.01. The third kappa shape index (κ3) is 4.06. The summed E-state index contributed by atoms with van der Waals surface area (Å²) in [6, 6.07) is 1.69. The number of rotatable bonds is 6. The minimum Gasteiger partial charge on any atom is -0.355 e. The maximum Gasteiger partial charge on any atom is 0.239 e. The van der Waals surface area contributed by atoms with Crippen LogP contribution in [0.5, 0.6) is 0 Å². The van der Waals surface area contributed by atoms with Gasteiger partial charge in [-0.2, -0.15) is 0 Å². The molecule has 1 N–H and O–H groups in total. The summed E-state index contributed by atoms with van der Waals surface area (Å²) in [4.78, 5) is 22.2. The van der Waals surface area contributed by atoms with Crippen LogP contribution in [0.3, 0.4) is 0 Å². The molecule has 0 saturated heterocycles. The summed E-state index contributed by atoms with van der Waals surface area (Å²) < 4.78 is 0. The van der Waals surface area contributed by atoms with Crippen LogP contribution in [-0.2, 0) is 4.79 Å². The molecule has 1 aliphatic carbocycles. The molecule has 1 fully saturated rings. The van der Waals surface area contributed by atoms with Crippen molar-refractivity contribution in [1.29, 1.82) is 0 Å². The zero-order valence-corrected chi connectivity index (χ0v) is 12.1. The van der Waals surface area contributed by atoms with E-state index in [9.17, 15) is 4.79 Å². The van der Waals surface area contributed by atoms with Crippen LogP contribution in [0.25, 0.3) is 0 Å². The molecule has 19 heavy (non-hydrogen) atoms. The van der Waals surface area contributed by atoms with E-state index in [0.29, 0.717) is 23.4 Å². The lowest BCUT2D eigenvalue weighted by Crippen LogP contribution is -2.35. The number of anilines is 1. The van der Waals surface area contributed by atoms with Gasteiger partial charge in [0, 0.05) is 25.6 Å². The molecule has 1 saturated carbocycles. The highest BCUT2D eigenvalue weighted by Crippen LogP contribution is 2.38. The standard InChI is InChI=1S/C13H19ClN4O/c1-3-6-15-12(19)8-18(2)11-7-10(14)16-13(17-11)9-4-5-9/h7,9H,3-6,8H2,1-2H3,(H,15,19). The van der Waals surface area contributed by atoms with Crippen molar-refractivity contribution < 1.29 is 4.79 Å². The highest BCUT2D eigenvalue weighted by atomic mass is 35.5. The van der Waals surface area contributed by atoms with E-state index >= 15 is 0 Å². The fraction of sp³-hybridized carbons (Fsp3) is 0.615. The first-order valence-electron chi connectivity index (χ1n) is 6.62. The SMILES string of the molecule is CCCNC(=O)CN(C)c1cc(Cl)nc(C2CC2)n1. The minimum atomic E-state index is -0.00735. The highest BCUT2D eigenvalue weighted by Gasteiger charge is 2.27. The number of nitrogens with zero attached hydrogens (tertiary/aromatic N) is 3. The van der Waals surface area contributed by atoms with Gasteiger partial charge in [-0.05, 0) is 19.3 Å². The fourth-order valence-electron chi connectivity index (χ4n) is 1.76.